The Balaban J connectivity index is 1.48. The number of hydrogen-bond donors (Lipinski definition) is 1. The molecule has 1 N–H and O–H groups in total. The van der Waals surface area contributed by atoms with E-state index in [9.17, 15) is 8.78 Å². The van der Waals surface area contributed by atoms with Crippen LogP contribution in [0.15, 0.2) is 67.0 Å². The minimum absolute atomic E-state index is 0.0159. The number of benzene rings is 2. The van der Waals surface area contributed by atoms with E-state index in [-0.39, 0.29) is 16.8 Å². The molecule has 33 heavy (non-hydrogen) atoms. The molecule has 7 heteroatoms. The first-order chi connectivity index (χ1) is 15.9. The average molecular weight is 454 g/mol. The molecule has 0 bridgehead atoms. The third-order valence-electron chi connectivity index (χ3n) is 6.12. The van der Waals surface area contributed by atoms with Crippen molar-refractivity contribution in [3.63, 3.8) is 0 Å². The number of rotatable bonds is 8. The van der Waals surface area contributed by atoms with Crippen LogP contribution < -0.4 is 10.1 Å². The van der Waals surface area contributed by atoms with Gasteiger partial charge < -0.3 is 14.8 Å². The van der Waals surface area contributed by atoms with Gasteiger partial charge in [-0.15, -0.1) is 0 Å². The van der Waals surface area contributed by atoms with Crippen LogP contribution in [0.1, 0.15) is 38.7 Å². The molecule has 2 aromatic carbocycles. The fourth-order valence-electron chi connectivity index (χ4n) is 4.72. The Hall–Kier alpha value is -3.06. The van der Waals surface area contributed by atoms with E-state index in [4.69, 9.17) is 4.74 Å². The van der Waals surface area contributed by atoms with Crippen LogP contribution in [0.2, 0.25) is 0 Å². The van der Waals surface area contributed by atoms with Crippen LogP contribution in [0.4, 0.5) is 14.6 Å². The molecule has 5 nitrogen and oxygen atoms in total. The van der Waals surface area contributed by atoms with Crippen LogP contribution in [0.25, 0.3) is 11.3 Å². The van der Waals surface area contributed by atoms with E-state index in [1.165, 1.54) is 17.7 Å². The van der Waals surface area contributed by atoms with Gasteiger partial charge in [-0.05, 0) is 50.8 Å². The quantitative estimate of drug-likeness (QED) is 0.448. The lowest BCUT2D eigenvalue weighted by atomic mass is 9.67. The lowest BCUT2D eigenvalue weighted by molar-refractivity contribution is -0.0835. The maximum absolute atomic E-state index is 12.5. The molecule has 0 amide bonds. The van der Waals surface area contributed by atoms with Gasteiger partial charge in [0.2, 0.25) is 0 Å². The number of aromatic nitrogens is 2. The van der Waals surface area contributed by atoms with E-state index in [2.05, 4.69) is 58.1 Å². The molecule has 1 aromatic heterocycles. The summed E-state index contributed by atoms with van der Waals surface area (Å²) < 4.78 is 35.6. The predicted octanol–water partition coefficient (Wildman–Crippen LogP) is 6.07. The van der Waals surface area contributed by atoms with Crippen LogP contribution in [-0.2, 0) is 10.2 Å². The van der Waals surface area contributed by atoms with Gasteiger partial charge in [0.05, 0.1) is 23.7 Å². The zero-order valence-electron chi connectivity index (χ0n) is 18.9. The van der Waals surface area contributed by atoms with Crippen LogP contribution in [0.5, 0.6) is 5.75 Å². The third-order valence-corrected chi connectivity index (χ3v) is 6.12. The molecule has 1 fully saturated rings. The fourth-order valence-corrected chi connectivity index (χ4v) is 4.72. The number of ether oxygens (including phenoxy) is 2. The van der Waals surface area contributed by atoms with E-state index < -0.39 is 6.61 Å². The topological polar surface area (TPSA) is 56.3 Å². The zero-order valence-corrected chi connectivity index (χ0v) is 18.9. The van der Waals surface area contributed by atoms with Gasteiger partial charge in [0.25, 0.3) is 0 Å². The minimum atomic E-state index is -2.87. The molecule has 0 saturated carbocycles. The third kappa shape index (κ3) is 5.85. The first kappa shape index (κ1) is 23.1. The van der Waals surface area contributed by atoms with Crippen LogP contribution in [0, 0.1) is 0 Å². The molecule has 1 aliphatic rings. The highest BCUT2D eigenvalue weighted by Crippen LogP contribution is 2.43. The number of hydrogen-bond acceptors (Lipinski definition) is 5. The van der Waals surface area contributed by atoms with Crippen molar-refractivity contribution in [2.24, 2.45) is 0 Å². The molecule has 0 radical (unpaired) electrons. The van der Waals surface area contributed by atoms with Crippen molar-refractivity contribution in [2.45, 2.75) is 50.7 Å². The van der Waals surface area contributed by atoms with Gasteiger partial charge in [-0.2, -0.15) is 8.78 Å². The number of alkyl halides is 2. The molecule has 3 aromatic rings. The van der Waals surface area contributed by atoms with Crippen molar-refractivity contribution in [3.05, 3.63) is 72.6 Å². The monoisotopic (exact) mass is 453 g/mol. The lowest BCUT2D eigenvalue weighted by Crippen LogP contribution is -2.44. The highest BCUT2D eigenvalue weighted by molar-refractivity contribution is 5.61. The molecular formula is C26H29F2N3O2. The average Bonchev–Trinajstić information content (AvgIpc) is 2.79. The van der Waals surface area contributed by atoms with Gasteiger partial charge in [-0.3, -0.25) is 4.98 Å². The van der Waals surface area contributed by atoms with Gasteiger partial charge in [0, 0.05) is 24.1 Å². The summed E-state index contributed by atoms with van der Waals surface area (Å²) in [6.07, 6.45) is 6.11. The second-order valence-corrected chi connectivity index (χ2v) is 9.05. The van der Waals surface area contributed by atoms with Crippen LogP contribution >= 0.6 is 0 Å². The molecule has 0 aliphatic carbocycles. The predicted molar refractivity (Wildman–Crippen MR) is 125 cm³/mol. The molecule has 0 spiro atoms. The largest absolute Gasteiger partial charge is 0.435 e. The summed E-state index contributed by atoms with van der Waals surface area (Å²) in [7, 11) is 0. The van der Waals surface area contributed by atoms with E-state index in [1.54, 1.807) is 24.5 Å². The van der Waals surface area contributed by atoms with Crippen molar-refractivity contribution in [2.75, 3.05) is 18.5 Å². The molecule has 1 aliphatic heterocycles. The summed E-state index contributed by atoms with van der Waals surface area (Å²) in [5, 5.41) is 3.41. The molecule has 4 rings (SSSR count). The minimum Gasteiger partial charge on any atom is -0.435 e. The maximum Gasteiger partial charge on any atom is 0.387 e. The fraction of sp³-hybridized carbons (Fsp3) is 0.385. The first-order valence-corrected chi connectivity index (χ1v) is 11.2. The lowest BCUT2D eigenvalue weighted by Gasteiger charge is -2.45. The highest BCUT2D eigenvalue weighted by atomic mass is 19.3. The van der Waals surface area contributed by atoms with Crippen LogP contribution in [0.3, 0.4) is 0 Å². The SMILES string of the molecule is CC1(C)CC(CCNc2cncc(-c3cccc(OC(F)F)c3)n2)(c2ccccc2)CCO1. The summed E-state index contributed by atoms with van der Waals surface area (Å²) in [5.74, 6) is 0.733. The van der Waals surface area contributed by atoms with Gasteiger partial charge >= 0.3 is 6.61 Å². The highest BCUT2D eigenvalue weighted by Gasteiger charge is 2.41. The van der Waals surface area contributed by atoms with E-state index in [0.29, 0.717) is 17.1 Å². The molecule has 1 atom stereocenters. The Labute approximate surface area is 193 Å². The van der Waals surface area contributed by atoms with Gasteiger partial charge in [0.1, 0.15) is 11.6 Å². The van der Waals surface area contributed by atoms with Gasteiger partial charge in [0.15, 0.2) is 0 Å². The zero-order chi connectivity index (χ0) is 23.3. The number of nitrogens with zero attached hydrogens (tertiary/aromatic N) is 2. The summed E-state index contributed by atoms with van der Waals surface area (Å²) in [6, 6.07) is 17.1. The van der Waals surface area contributed by atoms with Crippen molar-refractivity contribution in [1.29, 1.82) is 0 Å². The standard InChI is InChI=1S/C26H29F2N3O2/c1-25(2)18-26(12-14-32-25,20-8-4-3-5-9-20)11-13-30-23-17-29-16-22(31-23)19-7-6-10-21(15-19)33-24(27)28/h3-10,15-17,24H,11-14,18H2,1-2H3,(H,30,31). The first-order valence-electron chi connectivity index (χ1n) is 11.2. The van der Waals surface area contributed by atoms with Crippen molar-refractivity contribution >= 4 is 5.82 Å². The Morgan fingerprint density at radius 1 is 1.09 bits per heavy atom. The second-order valence-electron chi connectivity index (χ2n) is 9.05. The summed E-state index contributed by atoms with van der Waals surface area (Å²) >= 11 is 0. The van der Waals surface area contributed by atoms with Gasteiger partial charge in [-0.25, -0.2) is 4.98 Å². The number of nitrogens with one attached hydrogen (secondary N) is 1. The number of halogens is 2. The number of anilines is 1. The van der Waals surface area contributed by atoms with Gasteiger partial charge in [-0.1, -0.05) is 42.5 Å². The molecular weight excluding hydrogens is 424 g/mol. The Kier molecular flexibility index (Phi) is 6.88. The smallest absolute Gasteiger partial charge is 0.387 e. The maximum atomic E-state index is 12.5. The Morgan fingerprint density at radius 3 is 2.67 bits per heavy atom. The van der Waals surface area contributed by atoms with E-state index >= 15 is 0 Å². The molecule has 2 heterocycles. The van der Waals surface area contributed by atoms with Crippen molar-refractivity contribution in [3.8, 4) is 17.0 Å². The summed E-state index contributed by atoms with van der Waals surface area (Å²) in [5.41, 5.74) is 2.42. The summed E-state index contributed by atoms with van der Waals surface area (Å²) in [4.78, 5) is 8.91. The van der Waals surface area contributed by atoms with Crippen molar-refractivity contribution < 1.29 is 18.3 Å². The molecule has 174 valence electrons. The van der Waals surface area contributed by atoms with Crippen LogP contribution in [-0.4, -0.2) is 35.3 Å². The van der Waals surface area contributed by atoms with Crippen molar-refractivity contribution in [1.82, 2.24) is 9.97 Å². The Morgan fingerprint density at radius 2 is 1.91 bits per heavy atom. The Bertz CT molecular complexity index is 1060. The normalized spacial score (nSPS) is 19.9. The van der Waals surface area contributed by atoms with E-state index in [1.807, 2.05) is 6.07 Å². The second kappa shape index (κ2) is 9.83. The molecule has 1 saturated heterocycles. The van der Waals surface area contributed by atoms with E-state index in [0.717, 1.165) is 32.4 Å². The summed E-state index contributed by atoms with van der Waals surface area (Å²) in [6.45, 7) is 2.88. The molecule has 1 unspecified atom stereocenters.